The smallest absolute Gasteiger partial charge is 0.328 e. The van der Waals surface area contributed by atoms with E-state index in [1.807, 2.05) is 23.1 Å². The number of ether oxygens (including phenoxy) is 1. The van der Waals surface area contributed by atoms with Gasteiger partial charge in [0.1, 0.15) is 16.5 Å². The Morgan fingerprint density at radius 3 is 3.12 bits per heavy atom. The lowest BCUT2D eigenvalue weighted by Gasteiger charge is -2.23. The maximum absolute atomic E-state index is 11.6. The summed E-state index contributed by atoms with van der Waals surface area (Å²) in [6.45, 7) is 0.850. The van der Waals surface area contributed by atoms with Crippen molar-refractivity contribution >= 4 is 27.7 Å². The van der Waals surface area contributed by atoms with Crippen molar-refractivity contribution in [1.29, 1.82) is 0 Å². The fraction of sp³-hybridized carbons (Fsp3) is 0.455. The molecule has 1 aromatic heterocycles. The Morgan fingerprint density at radius 1 is 1.62 bits per heavy atom. The van der Waals surface area contributed by atoms with Crippen LogP contribution in [0.2, 0.25) is 0 Å². The third-order valence-corrected chi connectivity index (χ3v) is 3.16. The molecule has 4 nitrogen and oxygen atoms in total. The first-order valence-corrected chi connectivity index (χ1v) is 5.98. The maximum atomic E-state index is 11.6. The summed E-state index contributed by atoms with van der Waals surface area (Å²) in [7, 11) is 1.42. The number of carbonyl (C=O) groups excluding carboxylic acids is 1. The normalized spacial score (nSPS) is 19.9. The Labute approximate surface area is 103 Å². The number of carbonyl (C=O) groups is 1. The van der Waals surface area contributed by atoms with Gasteiger partial charge in [-0.2, -0.15) is 0 Å². The van der Waals surface area contributed by atoms with Crippen molar-refractivity contribution in [2.75, 3.05) is 18.6 Å². The van der Waals surface area contributed by atoms with Gasteiger partial charge < -0.3 is 9.64 Å². The number of esters is 1. The van der Waals surface area contributed by atoms with Crippen LogP contribution in [0.5, 0.6) is 0 Å². The van der Waals surface area contributed by atoms with E-state index in [-0.39, 0.29) is 12.0 Å². The predicted molar refractivity (Wildman–Crippen MR) is 64.3 cm³/mol. The highest BCUT2D eigenvalue weighted by Crippen LogP contribution is 2.25. The monoisotopic (exact) mass is 284 g/mol. The van der Waals surface area contributed by atoms with E-state index in [4.69, 9.17) is 4.74 Å². The largest absolute Gasteiger partial charge is 0.467 e. The molecule has 2 rings (SSSR count). The molecule has 0 aliphatic carbocycles. The molecule has 1 atom stereocenters. The van der Waals surface area contributed by atoms with Crippen LogP contribution in [0.1, 0.15) is 12.8 Å². The number of aromatic nitrogens is 1. The SMILES string of the molecule is COC(=O)[C@H]1CCCN1c1cccc(Br)n1. The van der Waals surface area contributed by atoms with E-state index in [9.17, 15) is 4.79 Å². The average molecular weight is 285 g/mol. The zero-order chi connectivity index (χ0) is 11.5. The minimum atomic E-state index is -0.188. The molecule has 5 heteroatoms. The number of anilines is 1. The minimum Gasteiger partial charge on any atom is -0.467 e. The molecule has 0 N–H and O–H groups in total. The van der Waals surface area contributed by atoms with E-state index >= 15 is 0 Å². The maximum Gasteiger partial charge on any atom is 0.328 e. The number of methoxy groups -OCH3 is 1. The van der Waals surface area contributed by atoms with Crippen LogP contribution in [-0.4, -0.2) is 30.6 Å². The molecule has 1 aliphatic heterocycles. The molecule has 1 aliphatic rings. The average Bonchev–Trinajstić information content (AvgIpc) is 2.77. The van der Waals surface area contributed by atoms with Gasteiger partial charge >= 0.3 is 5.97 Å². The van der Waals surface area contributed by atoms with Crippen molar-refractivity contribution in [1.82, 2.24) is 4.98 Å². The first kappa shape index (κ1) is 11.4. The quantitative estimate of drug-likeness (QED) is 0.615. The summed E-state index contributed by atoms with van der Waals surface area (Å²) in [5, 5.41) is 0. The van der Waals surface area contributed by atoms with Gasteiger partial charge in [-0.15, -0.1) is 0 Å². The number of nitrogens with zero attached hydrogens (tertiary/aromatic N) is 2. The van der Waals surface area contributed by atoms with Gasteiger partial charge in [-0.1, -0.05) is 6.07 Å². The molecule has 0 bridgehead atoms. The molecule has 1 aromatic rings. The Kier molecular flexibility index (Phi) is 3.43. The Hall–Kier alpha value is -1.10. The molecule has 0 saturated carbocycles. The van der Waals surface area contributed by atoms with E-state index < -0.39 is 0 Å². The molecule has 0 radical (unpaired) electrons. The second-order valence-electron chi connectivity index (χ2n) is 3.69. The summed E-state index contributed by atoms with van der Waals surface area (Å²) in [6.07, 6.45) is 1.83. The van der Waals surface area contributed by atoms with Crippen LogP contribution in [0.3, 0.4) is 0 Å². The standard InChI is InChI=1S/C11H13BrN2O2/c1-16-11(15)8-4-3-7-14(8)10-6-2-5-9(12)13-10/h2,5-6,8H,3-4,7H2,1H3/t8-/m1/s1. The zero-order valence-electron chi connectivity index (χ0n) is 9.02. The Morgan fingerprint density at radius 2 is 2.44 bits per heavy atom. The van der Waals surface area contributed by atoms with Gasteiger partial charge in [0.2, 0.25) is 0 Å². The van der Waals surface area contributed by atoms with Crippen molar-refractivity contribution in [3.63, 3.8) is 0 Å². The lowest BCUT2D eigenvalue weighted by atomic mass is 10.2. The molecule has 2 heterocycles. The molecule has 1 saturated heterocycles. The highest BCUT2D eigenvalue weighted by Gasteiger charge is 2.32. The van der Waals surface area contributed by atoms with Crippen molar-refractivity contribution < 1.29 is 9.53 Å². The zero-order valence-corrected chi connectivity index (χ0v) is 10.6. The number of rotatable bonds is 2. The van der Waals surface area contributed by atoms with Gasteiger partial charge in [-0.25, -0.2) is 9.78 Å². The first-order chi connectivity index (χ1) is 7.72. The topological polar surface area (TPSA) is 42.4 Å². The first-order valence-electron chi connectivity index (χ1n) is 5.19. The van der Waals surface area contributed by atoms with E-state index in [0.29, 0.717) is 0 Å². The van der Waals surface area contributed by atoms with Crippen molar-refractivity contribution in [2.45, 2.75) is 18.9 Å². The molecule has 16 heavy (non-hydrogen) atoms. The van der Waals surface area contributed by atoms with E-state index in [1.165, 1.54) is 7.11 Å². The molecule has 0 aromatic carbocycles. The van der Waals surface area contributed by atoms with Crippen molar-refractivity contribution in [3.05, 3.63) is 22.8 Å². The summed E-state index contributed by atoms with van der Waals surface area (Å²) in [5.74, 6) is 0.640. The van der Waals surface area contributed by atoms with Gasteiger partial charge in [0.05, 0.1) is 7.11 Å². The lowest BCUT2D eigenvalue weighted by molar-refractivity contribution is -0.141. The van der Waals surface area contributed by atoms with E-state index in [2.05, 4.69) is 20.9 Å². The lowest BCUT2D eigenvalue weighted by Crippen LogP contribution is -2.37. The third-order valence-electron chi connectivity index (χ3n) is 2.72. The van der Waals surface area contributed by atoms with Crippen molar-refractivity contribution in [3.8, 4) is 0 Å². The predicted octanol–water partition coefficient (Wildman–Crippen LogP) is 1.99. The van der Waals surface area contributed by atoms with E-state index in [1.54, 1.807) is 0 Å². The number of pyridine rings is 1. The van der Waals surface area contributed by atoms with Crippen LogP contribution in [0.25, 0.3) is 0 Å². The highest BCUT2D eigenvalue weighted by atomic mass is 79.9. The van der Waals surface area contributed by atoms with Gasteiger partial charge in [-0.05, 0) is 40.9 Å². The van der Waals surface area contributed by atoms with Gasteiger partial charge in [0.25, 0.3) is 0 Å². The van der Waals surface area contributed by atoms with Crippen LogP contribution < -0.4 is 4.90 Å². The molecular weight excluding hydrogens is 272 g/mol. The van der Waals surface area contributed by atoms with Gasteiger partial charge in [-0.3, -0.25) is 0 Å². The highest BCUT2D eigenvalue weighted by molar-refractivity contribution is 9.10. The summed E-state index contributed by atoms with van der Waals surface area (Å²) >= 11 is 3.33. The van der Waals surface area contributed by atoms with Crippen LogP contribution in [0.4, 0.5) is 5.82 Å². The molecule has 0 amide bonds. The number of hydrogen-bond donors (Lipinski definition) is 0. The van der Waals surface area contributed by atoms with Crippen LogP contribution >= 0.6 is 15.9 Å². The minimum absolute atomic E-state index is 0.181. The molecule has 1 fully saturated rings. The number of hydrogen-bond acceptors (Lipinski definition) is 4. The third kappa shape index (κ3) is 2.19. The van der Waals surface area contributed by atoms with Crippen LogP contribution in [0.15, 0.2) is 22.8 Å². The molecular formula is C11H13BrN2O2. The number of halogens is 1. The van der Waals surface area contributed by atoms with Gasteiger partial charge in [0, 0.05) is 6.54 Å². The van der Waals surface area contributed by atoms with E-state index in [0.717, 1.165) is 29.8 Å². The van der Waals surface area contributed by atoms with Crippen LogP contribution in [-0.2, 0) is 9.53 Å². The van der Waals surface area contributed by atoms with Crippen LogP contribution in [0, 0.1) is 0 Å². The summed E-state index contributed by atoms with van der Waals surface area (Å²) in [5.41, 5.74) is 0. The van der Waals surface area contributed by atoms with Crippen molar-refractivity contribution in [2.24, 2.45) is 0 Å². The Balaban J connectivity index is 2.23. The second kappa shape index (κ2) is 4.82. The fourth-order valence-electron chi connectivity index (χ4n) is 1.98. The van der Waals surface area contributed by atoms with Gasteiger partial charge in [0.15, 0.2) is 0 Å². The fourth-order valence-corrected chi connectivity index (χ4v) is 2.31. The Bertz CT molecular complexity index is 397. The molecule has 0 spiro atoms. The summed E-state index contributed by atoms with van der Waals surface area (Å²) in [4.78, 5) is 17.9. The summed E-state index contributed by atoms with van der Waals surface area (Å²) < 4.78 is 5.57. The molecule has 86 valence electrons. The molecule has 0 unspecified atom stereocenters. The second-order valence-corrected chi connectivity index (χ2v) is 4.51. The summed E-state index contributed by atoms with van der Waals surface area (Å²) in [6, 6.07) is 5.50.